The largest absolute Gasteiger partial charge is 0.493 e. The maximum absolute atomic E-state index is 13.9. The van der Waals surface area contributed by atoms with E-state index in [-0.39, 0.29) is 48.7 Å². The van der Waals surface area contributed by atoms with Gasteiger partial charge in [-0.2, -0.15) is 26.3 Å². The molecule has 2 heterocycles. The van der Waals surface area contributed by atoms with Crippen molar-refractivity contribution in [3.63, 3.8) is 0 Å². The van der Waals surface area contributed by atoms with Crippen LogP contribution in [0.15, 0.2) is 17.1 Å². The lowest BCUT2D eigenvalue weighted by Gasteiger charge is -2.34. The van der Waals surface area contributed by atoms with Crippen LogP contribution in [0.2, 0.25) is 0 Å². The molecule has 12 heteroatoms. The molecule has 0 bridgehead atoms. The van der Waals surface area contributed by atoms with E-state index in [9.17, 15) is 36.2 Å². The average Bonchev–Trinajstić information content (AvgIpc) is 3.28. The normalized spacial score (nSPS) is 15.4. The van der Waals surface area contributed by atoms with Crippen LogP contribution in [-0.4, -0.2) is 33.2 Å². The summed E-state index contributed by atoms with van der Waals surface area (Å²) in [5.41, 5.74) is -5.18. The first-order chi connectivity index (χ1) is 16.8. The van der Waals surface area contributed by atoms with Gasteiger partial charge in [0.05, 0.1) is 19.4 Å². The molecule has 36 heavy (non-hydrogen) atoms. The summed E-state index contributed by atoms with van der Waals surface area (Å²) < 4.78 is 96.3. The van der Waals surface area contributed by atoms with Crippen molar-refractivity contribution in [1.82, 2.24) is 9.13 Å². The highest BCUT2D eigenvalue weighted by Crippen LogP contribution is 2.58. The van der Waals surface area contributed by atoms with Crippen molar-refractivity contribution in [3.05, 3.63) is 45.0 Å². The highest BCUT2D eigenvalue weighted by molar-refractivity contribution is 5.55. The molecule has 0 saturated carbocycles. The zero-order valence-corrected chi connectivity index (χ0v) is 20.4. The molecule has 1 N–H and O–H groups in total. The topological polar surface area (TPSA) is 65.6 Å². The van der Waals surface area contributed by atoms with Gasteiger partial charge in [0.1, 0.15) is 5.75 Å². The number of halogens is 6. The molecule has 1 aromatic heterocycles. The summed E-state index contributed by atoms with van der Waals surface area (Å²) >= 11 is 0. The molecule has 0 aliphatic carbocycles. The van der Waals surface area contributed by atoms with E-state index in [2.05, 4.69) is 4.74 Å². The van der Waals surface area contributed by atoms with Crippen molar-refractivity contribution in [2.45, 2.75) is 83.5 Å². The summed E-state index contributed by atoms with van der Waals surface area (Å²) in [6, 6.07) is 0.947. The van der Waals surface area contributed by atoms with Gasteiger partial charge in [-0.3, -0.25) is 9.13 Å². The molecule has 1 aliphatic heterocycles. The van der Waals surface area contributed by atoms with Gasteiger partial charge in [0.2, 0.25) is 5.88 Å². The van der Waals surface area contributed by atoms with Gasteiger partial charge in [0.15, 0.2) is 0 Å². The van der Waals surface area contributed by atoms with Crippen LogP contribution in [0.25, 0.3) is 0 Å². The standard InChI is InChI=1S/C24H30F6N2O4/c1-4-8-15-12-18-17(14-36-22(18,23(25,26)27)24(28,29)30)16(9-5-2)20(15)35-11-7-6-10-32-19(33)13-31(3)21(32)34/h12-13,33H,4-11,14H2,1-3H3. The smallest absolute Gasteiger partial charge is 0.430 e. The molecule has 3 rings (SSSR count). The van der Waals surface area contributed by atoms with Crippen molar-refractivity contribution < 1.29 is 40.9 Å². The Balaban J connectivity index is 1.92. The number of fused-ring (bicyclic) bond motifs is 1. The van der Waals surface area contributed by atoms with E-state index in [4.69, 9.17) is 4.74 Å². The first-order valence-corrected chi connectivity index (χ1v) is 11.8. The molecule has 1 aliphatic rings. The highest BCUT2D eigenvalue weighted by atomic mass is 19.4. The predicted octanol–water partition coefficient (Wildman–Crippen LogP) is 5.51. The molecule has 0 spiro atoms. The van der Waals surface area contributed by atoms with Gasteiger partial charge in [-0.25, -0.2) is 4.79 Å². The van der Waals surface area contributed by atoms with E-state index >= 15 is 0 Å². The molecule has 1 aromatic carbocycles. The van der Waals surface area contributed by atoms with Crippen molar-refractivity contribution in [2.24, 2.45) is 7.05 Å². The second-order valence-corrected chi connectivity index (χ2v) is 8.92. The molecule has 0 radical (unpaired) electrons. The number of hydrogen-bond acceptors (Lipinski definition) is 4. The van der Waals surface area contributed by atoms with E-state index in [0.717, 1.165) is 6.07 Å². The van der Waals surface area contributed by atoms with Gasteiger partial charge in [0, 0.05) is 24.7 Å². The molecule has 202 valence electrons. The summed E-state index contributed by atoms with van der Waals surface area (Å²) in [4.78, 5) is 12.0. The Hall–Kier alpha value is -2.63. The first kappa shape index (κ1) is 27.9. The Kier molecular flexibility index (Phi) is 8.07. The molecule has 0 amide bonds. The number of aryl methyl sites for hydroxylation is 2. The van der Waals surface area contributed by atoms with Crippen LogP contribution in [0, 0.1) is 0 Å². The SMILES string of the molecule is CCCc1cc2c(c(CCC)c1OCCCCn1c(O)cn(C)c1=O)COC2(C(F)(F)F)C(F)(F)F. The van der Waals surface area contributed by atoms with Crippen LogP contribution < -0.4 is 10.4 Å². The van der Waals surface area contributed by atoms with Gasteiger partial charge >= 0.3 is 18.0 Å². The molecule has 2 aromatic rings. The number of aromatic nitrogens is 2. The third kappa shape index (κ3) is 4.83. The lowest BCUT2D eigenvalue weighted by molar-refractivity contribution is -0.385. The maximum Gasteiger partial charge on any atom is 0.430 e. The number of ether oxygens (including phenoxy) is 2. The van der Waals surface area contributed by atoms with Crippen molar-refractivity contribution in [2.75, 3.05) is 6.61 Å². The van der Waals surface area contributed by atoms with Crippen molar-refractivity contribution >= 4 is 0 Å². The zero-order valence-electron chi connectivity index (χ0n) is 20.4. The molecule has 0 fully saturated rings. The van der Waals surface area contributed by atoms with E-state index < -0.39 is 30.1 Å². The fourth-order valence-corrected chi connectivity index (χ4v) is 4.68. The number of unbranched alkanes of at least 4 members (excludes halogenated alkanes) is 1. The predicted molar refractivity (Wildman–Crippen MR) is 119 cm³/mol. The highest BCUT2D eigenvalue weighted by Gasteiger charge is 2.75. The fourth-order valence-electron chi connectivity index (χ4n) is 4.68. The van der Waals surface area contributed by atoms with Crippen LogP contribution in [0.3, 0.4) is 0 Å². The van der Waals surface area contributed by atoms with Crippen LogP contribution in [-0.2, 0) is 43.4 Å². The third-order valence-electron chi connectivity index (χ3n) is 6.34. The van der Waals surface area contributed by atoms with Gasteiger partial charge in [-0.15, -0.1) is 0 Å². The molecular weight excluding hydrogens is 494 g/mol. The lowest BCUT2D eigenvalue weighted by Crippen LogP contribution is -2.53. The van der Waals surface area contributed by atoms with E-state index in [1.807, 2.05) is 0 Å². The Morgan fingerprint density at radius 1 is 1.08 bits per heavy atom. The summed E-state index contributed by atoms with van der Waals surface area (Å²) in [7, 11) is 1.51. The fraction of sp³-hybridized carbons (Fsp3) is 0.625. The summed E-state index contributed by atoms with van der Waals surface area (Å²) in [6.45, 7) is 3.11. The molecule has 0 atom stereocenters. The minimum absolute atomic E-state index is 0.123. The summed E-state index contributed by atoms with van der Waals surface area (Å²) in [6.07, 6.45) is -7.73. The Morgan fingerprint density at radius 3 is 2.25 bits per heavy atom. The van der Waals surface area contributed by atoms with Crippen molar-refractivity contribution in [3.8, 4) is 11.6 Å². The Labute approximate surface area is 204 Å². The second kappa shape index (κ2) is 10.4. The van der Waals surface area contributed by atoms with Gasteiger partial charge < -0.3 is 14.6 Å². The number of imidazole rings is 1. The van der Waals surface area contributed by atoms with E-state index in [1.165, 1.54) is 22.4 Å². The van der Waals surface area contributed by atoms with Gasteiger partial charge in [0.25, 0.3) is 5.60 Å². The monoisotopic (exact) mass is 524 g/mol. The second-order valence-electron chi connectivity index (χ2n) is 8.92. The molecule has 6 nitrogen and oxygen atoms in total. The maximum atomic E-state index is 13.9. The summed E-state index contributed by atoms with van der Waals surface area (Å²) in [5.74, 6) is 0.135. The number of hydrogen-bond donors (Lipinski definition) is 1. The minimum atomic E-state index is -5.69. The van der Waals surface area contributed by atoms with E-state index in [0.29, 0.717) is 37.0 Å². The number of alkyl halides is 6. The Morgan fingerprint density at radius 2 is 1.72 bits per heavy atom. The van der Waals surface area contributed by atoms with Gasteiger partial charge in [-0.1, -0.05) is 26.7 Å². The third-order valence-corrected chi connectivity index (χ3v) is 6.34. The van der Waals surface area contributed by atoms with Crippen LogP contribution in [0.4, 0.5) is 26.3 Å². The zero-order chi connectivity index (χ0) is 26.9. The van der Waals surface area contributed by atoms with Crippen LogP contribution in [0.5, 0.6) is 11.6 Å². The number of benzene rings is 1. The number of rotatable bonds is 10. The molecule has 0 unspecified atom stereocenters. The quantitative estimate of drug-likeness (QED) is 0.329. The minimum Gasteiger partial charge on any atom is -0.493 e. The number of nitrogens with zero attached hydrogens (tertiary/aromatic N) is 2. The van der Waals surface area contributed by atoms with Crippen LogP contribution in [0.1, 0.15) is 61.8 Å². The van der Waals surface area contributed by atoms with Gasteiger partial charge in [-0.05, 0) is 42.9 Å². The Bertz CT molecular complexity index is 1120. The summed E-state index contributed by atoms with van der Waals surface area (Å²) in [5, 5.41) is 9.82. The van der Waals surface area contributed by atoms with Crippen LogP contribution >= 0.6 is 0 Å². The molecule has 0 saturated heterocycles. The van der Waals surface area contributed by atoms with Crippen molar-refractivity contribution in [1.29, 1.82) is 0 Å². The number of aromatic hydroxyl groups is 1. The average molecular weight is 525 g/mol. The molecular formula is C24H30F6N2O4. The lowest BCUT2D eigenvalue weighted by atomic mass is 9.84. The first-order valence-electron chi connectivity index (χ1n) is 11.8. The van der Waals surface area contributed by atoms with E-state index in [1.54, 1.807) is 13.8 Å².